The first kappa shape index (κ1) is 27.4. The third-order valence-corrected chi connectivity index (χ3v) is 6.31. The highest BCUT2D eigenvalue weighted by Gasteiger charge is 2.20. The monoisotopic (exact) mass is 503 g/mol. The van der Waals surface area contributed by atoms with E-state index in [1.807, 2.05) is 24.3 Å². The van der Waals surface area contributed by atoms with Crippen LogP contribution in [0.1, 0.15) is 49.7 Å². The van der Waals surface area contributed by atoms with E-state index in [9.17, 15) is 9.90 Å². The van der Waals surface area contributed by atoms with Crippen molar-refractivity contribution in [1.29, 1.82) is 0 Å². The van der Waals surface area contributed by atoms with Crippen LogP contribution in [0.25, 0.3) is 22.6 Å². The molecule has 0 radical (unpaired) electrons. The topological polar surface area (TPSA) is 114 Å². The summed E-state index contributed by atoms with van der Waals surface area (Å²) in [5.41, 5.74) is 10.4. The minimum absolute atomic E-state index is 0.0255. The summed E-state index contributed by atoms with van der Waals surface area (Å²) in [5.74, 6) is 1.71. The highest BCUT2D eigenvalue weighted by molar-refractivity contribution is 6.07. The number of hydrogen-bond donors (Lipinski definition) is 1. The van der Waals surface area contributed by atoms with E-state index in [0.29, 0.717) is 29.4 Å². The lowest BCUT2D eigenvalue weighted by molar-refractivity contribution is -0.111. The molecule has 2 aromatic carbocycles. The summed E-state index contributed by atoms with van der Waals surface area (Å²) in [6.45, 7) is -0.154. The molecule has 2 aromatic rings. The van der Waals surface area contributed by atoms with Gasteiger partial charge in [0.2, 0.25) is 0 Å². The van der Waals surface area contributed by atoms with Crippen molar-refractivity contribution in [3.8, 4) is 17.2 Å². The highest BCUT2D eigenvalue weighted by Crippen LogP contribution is 2.31. The summed E-state index contributed by atoms with van der Waals surface area (Å²) in [6.07, 6.45) is 12.7. The fraction of sp³-hybridized carbons (Fsp3) is 0.345. The molecule has 1 aliphatic carbocycles. The molecule has 8 heteroatoms. The largest absolute Gasteiger partial charge is 0.508 e. The quantitative estimate of drug-likeness (QED) is 0.0808. The van der Waals surface area contributed by atoms with Crippen molar-refractivity contribution in [3.05, 3.63) is 87.5 Å². The van der Waals surface area contributed by atoms with Gasteiger partial charge in [0.15, 0.2) is 24.0 Å². The maximum absolute atomic E-state index is 13.3. The fourth-order valence-corrected chi connectivity index (χ4v) is 4.34. The lowest BCUT2D eigenvalue weighted by Crippen LogP contribution is -2.12. The maximum Gasteiger partial charge on any atom is 0.185 e. The van der Waals surface area contributed by atoms with E-state index in [2.05, 4.69) is 10.0 Å². The number of allylic oxidation sites excluding steroid dienone is 3. The van der Waals surface area contributed by atoms with Gasteiger partial charge in [-0.05, 0) is 65.4 Å². The normalized spacial score (nSPS) is 14.8. The Morgan fingerprint density at radius 2 is 1.78 bits per heavy atom. The van der Waals surface area contributed by atoms with E-state index in [0.717, 1.165) is 42.6 Å². The SMILES string of the molecule is COc1cccc(/C=C/C(O)=C(\CC2CCCCC2)C(=O)/C=C/c2ccc(OCN=[N+]=[N-])c(OC)c2)c1. The zero-order chi connectivity index (χ0) is 26.5. The Balaban J connectivity index is 1.83. The summed E-state index contributed by atoms with van der Waals surface area (Å²) in [4.78, 5) is 15.9. The molecule has 0 unspecified atom stereocenters. The first-order valence-electron chi connectivity index (χ1n) is 12.3. The second kappa shape index (κ2) is 14.4. The highest BCUT2D eigenvalue weighted by atomic mass is 16.5. The lowest BCUT2D eigenvalue weighted by atomic mass is 9.83. The molecular weight excluding hydrogens is 470 g/mol. The van der Waals surface area contributed by atoms with E-state index in [1.54, 1.807) is 43.5 Å². The number of aliphatic hydroxyl groups is 1. The first-order valence-corrected chi connectivity index (χ1v) is 12.3. The van der Waals surface area contributed by atoms with Crippen LogP contribution in [0.3, 0.4) is 0 Å². The second-order valence-corrected chi connectivity index (χ2v) is 8.79. The molecule has 8 nitrogen and oxygen atoms in total. The van der Waals surface area contributed by atoms with Gasteiger partial charge in [-0.15, -0.1) is 0 Å². The van der Waals surface area contributed by atoms with Crippen molar-refractivity contribution in [2.45, 2.75) is 38.5 Å². The molecule has 0 aromatic heterocycles. The summed E-state index contributed by atoms with van der Waals surface area (Å²) in [6, 6.07) is 12.7. The van der Waals surface area contributed by atoms with E-state index < -0.39 is 0 Å². The number of carbonyl (C=O) groups excluding carboxylic acids is 1. The molecule has 194 valence electrons. The Morgan fingerprint density at radius 3 is 2.51 bits per heavy atom. The van der Waals surface area contributed by atoms with E-state index >= 15 is 0 Å². The predicted octanol–water partition coefficient (Wildman–Crippen LogP) is 7.43. The van der Waals surface area contributed by atoms with Crippen molar-refractivity contribution in [1.82, 2.24) is 0 Å². The number of azide groups is 1. The molecule has 0 aliphatic heterocycles. The van der Waals surface area contributed by atoms with Crippen LogP contribution in [0.2, 0.25) is 0 Å². The zero-order valence-corrected chi connectivity index (χ0v) is 21.3. The number of ether oxygens (including phenoxy) is 3. The summed E-state index contributed by atoms with van der Waals surface area (Å²) < 4.78 is 16.0. The van der Waals surface area contributed by atoms with Gasteiger partial charge in [0.1, 0.15) is 11.5 Å². The third-order valence-electron chi connectivity index (χ3n) is 6.31. The number of aliphatic hydroxyl groups excluding tert-OH is 1. The van der Waals surface area contributed by atoms with E-state index in [1.165, 1.54) is 19.6 Å². The molecule has 0 spiro atoms. The Bertz CT molecular complexity index is 1210. The van der Waals surface area contributed by atoms with Gasteiger partial charge in [-0.25, -0.2) is 0 Å². The van der Waals surface area contributed by atoms with Crippen LogP contribution in [0.15, 0.2) is 71.1 Å². The molecule has 1 saturated carbocycles. The van der Waals surface area contributed by atoms with Crippen LogP contribution in [-0.2, 0) is 4.79 Å². The molecule has 1 aliphatic rings. The number of ketones is 1. The molecule has 0 amide bonds. The summed E-state index contributed by atoms with van der Waals surface area (Å²) in [5, 5.41) is 14.3. The Labute approximate surface area is 217 Å². The van der Waals surface area contributed by atoms with Crippen LogP contribution in [0, 0.1) is 5.92 Å². The zero-order valence-electron chi connectivity index (χ0n) is 21.3. The van der Waals surface area contributed by atoms with Gasteiger partial charge in [-0.3, -0.25) is 4.79 Å². The number of rotatable bonds is 12. The molecule has 37 heavy (non-hydrogen) atoms. The maximum atomic E-state index is 13.3. The Kier molecular flexibility index (Phi) is 10.7. The van der Waals surface area contributed by atoms with Gasteiger partial charge in [0, 0.05) is 10.5 Å². The van der Waals surface area contributed by atoms with Crippen molar-refractivity contribution in [3.63, 3.8) is 0 Å². The number of hydrogen-bond acceptors (Lipinski definition) is 6. The van der Waals surface area contributed by atoms with Crippen LogP contribution < -0.4 is 14.2 Å². The molecule has 0 bridgehead atoms. The standard InChI is InChI=1S/C29H33N3O5/c1-35-24-10-6-9-22(17-24)11-14-26(33)25(18-21-7-4-3-5-8-21)27(34)15-12-23-13-16-28(29(19-23)36-2)37-20-31-32-30/h6,9-17,19,21,33H,3-5,7-8,18,20H2,1-2H3/b14-11+,15-12+,26-25-. The van der Waals surface area contributed by atoms with Crippen molar-refractivity contribution < 1.29 is 24.1 Å². The van der Waals surface area contributed by atoms with Gasteiger partial charge in [0.05, 0.1) is 14.2 Å². The molecule has 0 atom stereocenters. The molecular formula is C29H33N3O5. The summed E-state index contributed by atoms with van der Waals surface area (Å²) >= 11 is 0. The molecule has 0 saturated heterocycles. The number of benzene rings is 2. The predicted molar refractivity (Wildman–Crippen MR) is 145 cm³/mol. The minimum atomic E-state index is -0.235. The van der Waals surface area contributed by atoms with Gasteiger partial charge < -0.3 is 19.3 Å². The number of carbonyl (C=O) groups is 1. The Morgan fingerprint density at radius 1 is 1.03 bits per heavy atom. The van der Waals surface area contributed by atoms with Gasteiger partial charge >= 0.3 is 0 Å². The molecule has 0 heterocycles. The minimum Gasteiger partial charge on any atom is -0.508 e. The molecule has 3 rings (SSSR count). The van der Waals surface area contributed by atoms with Crippen molar-refractivity contribution >= 4 is 17.9 Å². The number of methoxy groups -OCH3 is 2. The van der Waals surface area contributed by atoms with E-state index in [4.69, 9.17) is 19.7 Å². The Hall–Kier alpha value is -4.16. The second-order valence-electron chi connectivity index (χ2n) is 8.79. The van der Waals surface area contributed by atoms with Gasteiger partial charge in [0.25, 0.3) is 0 Å². The third kappa shape index (κ3) is 8.47. The average Bonchev–Trinajstić information content (AvgIpc) is 2.94. The van der Waals surface area contributed by atoms with Crippen LogP contribution >= 0.6 is 0 Å². The van der Waals surface area contributed by atoms with Crippen molar-refractivity contribution in [2.24, 2.45) is 11.0 Å². The van der Waals surface area contributed by atoms with Crippen molar-refractivity contribution in [2.75, 3.05) is 21.0 Å². The smallest absolute Gasteiger partial charge is 0.185 e. The van der Waals surface area contributed by atoms with Gasteiger partial charge in [-0.1, -0.05) is 67.6 Å². The number of nitrogens with zero attached hydrogens (tertiary/aromatic N) is 3. The van der Waals surface area contributed by atoms with Crippen LogP contribution in [0.5, 0.6) is 17.2 Å². The van der Waals surface area contributed by atoms with E-state index in [-0.39, 0.29) is 18.3 Å². The molecule has 1 N–H and O–H groups in total. The lowest BCUT2D eigenvalue weighted by Gasteiger charge is -2.22. The fourth-order valence-electron chi connectivity index (χ4n) is 4.34. The average molecular weight is 504 g/mol. The van der Waals surface area contributed by atoms with Gasteiger partial charge in [-0.2, -0.15) is 0 Å². The summed E-state index contributed by atoms with van der Waals surface area (Å²) in [7, 11) is 3.11. The van der Waals surface area contributed by atoms with Crippen LogP contribution in [-0.4, -0.2) is 31.8 Å². The first-order chi connectivity index (χ1) is 18.0. The molecule has 1 fully saturated rings. The van der Waals surface area contributed by atoms with Crippen LogP contribution in [0.4, 0.5) is 0 Å².